The smallest absolute Gasteiger partial charge is 0.387 e. The summed E-state index contributed by atoms with van der Waals surface area (Å²) >= 11 is 1.53. The third-order valence-corrected chi connectivity index (χ3v) is 4.19. The van der Waals surface area contributed by atoms with E-state index in [1.165, 1.54) is 29.7 Å². The zero-order valence-corrected chi connectivity index (χ0v) is 15.0. The molecule has 0 unspecified atom stereocenters. The highest BCUT2D eigenvalue weighted by molar-refractivity contribution is 7.09. The number of amides is 1. The van der Waals surface area contributed by atoms with Crippen LogP contribution in [-0.2, 0) is 6.61 Å². The van der Waals surface area contributed by atoms with Crippen LogP contribution in [0.1, 0.15) is 21.1 Å². The molecule has 0 atom stereocenters. The number of aryl methyl sites for hydroxylation is 1. The van der Waals surface area contributed by atoms with Crippen molar-refractivity contribution in [1.82, 2.24) is 9.97 Å². The zero-order chi connectivity index (χ0) is 19.2. The van der Waals surface area contributed by atoms with Crippen molar-refractivity contribution in [1.29, 1.82) is 0 Å². The highest BCUT2D eigenvalue weighted by Crippen LogP contribution is 2.24. The van der Waals surface area contributed by atoms with Crippen LogP contribution in [0, 0.1) is 6.92 Å². The number of anilines is 1. The van der Waals surface area contributed by atoms with Gasteiger partial charge < -0.3 is 14.8 Å². The fourth-order valence-electron chi connectivity index (χ4n) is 2.21. The van der Waals surface area contributed by atoms with Crippen molar-refractivity contribution in [3.05, 3.63) is 64.2 Å². The van der Waals surface area contributed by atoms with Crippen molar-refractivity contribution in [2.24, 2.45) is 0 Å². The number of nitrogens with zero attached hydrogens (tertiary/aromatic N) is 2. The van der Waals surface area contributed by atoms with E-state index in [1.54, 1.807) is 24.3 Å². The molecule has 9 heteroatoms. The van der Waals surface area contributed by atoms with Gasteiger partial charge in [0.05, 0.1) is 10.7 Å². The molecule has 140 valence electrons. The fraction of sp³-hybridized carbons (Fsp3) is 0.167. The monoisotopic (exact) mass is 391 g/mol. The van der Waals surface area contributed by atoms with Crippen LogP contribution in [0.25, 0.3) is 0 Å². The molecule has 1 N–H and O–H groups in total. The van der Waals surface area contributed by atoms with Gasteiger partial charge in [-0.05, 0) is 37.3 Å². The number of rotatable bonds is 7. The van der Waals surface area contributed by atoms with E-state index in [9.17, 15) is 13.6 Å². The average molecular weight is 391 g/mol. The second-order valence-corrected chi connectivity index (χ2v) is 6.42. The Labute approximate surface area is 157 Å². The first-order valence-corrected chi connectivity index (χ1v) is 8.74. The summed E-state index contributed by atoms with van der Waals surface area (Å²) in [6.07, 6.45) is 1.36. The zero-order valence-electron chi connectivity index (χ0n) is 14.2. The van der Waals surface area contributed by atoms with Gasteiger partial charge in [-0.15, -0.1) is 11.3 Å². The minimum absolute atomic E-state index is 0.0907. The van der Waals surface area contributed by atoms with Crippen molar-refractivity contribution in [3.8, 4) is 11.5 Å². The molecule has 0 saturated heterocycles. The van der Waals surface area contributed by atoms with Gasteiger partial charge in [0.25, 0.3) is 5.91 Å². The van der Waals surface area contributed by atoms with E-state index in [1.807, 2.05) is 12.3 Å². The molecule has 0 saturated carbocycles. The number of ether oxygens (including phenoxy) is 2. The Morgan fingerprint density at radius 3 is 2.89 bits per heavy atom. The molecule has 3 rings (SSSR count). The van der Waals surface area contributed by atoms with Crippen LogP contribution in [0.4, 0.5) is 14.6 Å². The van der Waals surface area contributed by atoms with E-state index < -0.39 is 12.5 Å². The maximum absolute atomic E-state index is 12.5. The van der Waals surface area contributed by atoms with Gasteiger partial charge in [-0.1, -0.05) is 6.07 Å². The molecule has 0 aliphatic rings. The Hall–Kier alpha value is -3.07. The van der Waals surface area contributed by atoms with Crippen LogP contribution >= 0.6 is 11.3 Å². The summed E-state index contributed by atoms with van der Waals surface area (Å²) in [6.45, 7) is -0.832. The van der Waals surface area contributed by atoms with E-state index in [-0.39, 0.29) is 23.7 Å². The highest BCUT2D eigenvalue weighted by atomic mass is 32.1. The third-order valence-electron chi connectivity index (χ3n) is 3.37. The van der Waals surface area contributed by atoms with E-state index in [4.69, 9.17) is 4.74 Å². The first kappa shape index (κ1) is 18.7. The number of alkyl halides is 2. The van der Waals surface area contributed by atoms with Crippen molar-refractivity contribution in [2.75, 3.05) is 5.32 Å². The third kappa shape index (κ3) is 5.20. The van der Waals surface area contributed by atoms with Crippen LogP contribution in [0.3, 0.4) is 0 Å². The summed E-state index contributed by atoms with van der Waals surface area (Å²) in [6, 6.07) is 9.22. The maximum atomic E-state index is 12.5. The van der Waals surface area contributed by atoms with Gasteiger partial charge in [-0.25, -0.2) is 9.97 Å². The number of benzene rings is 1. The number of carbonyl (C=O) groups is 1. The van der Waals surface area contributed by atoms with Gasteiger partial charge in [0, 0.05) is 17.1 Å². The number of halogens is 2. The van der Waals surface area contributed by atoms with E-state index >= 15 is 0 Å². The lowest BCUT2D eigenvalue weighted by Crippen LogP contribution is -2.15. The van der Waals surface area contributed by atoms with Crippen molar-refractivity contribution in [2.45, 2.75) is 20.1 Å². The number of thiazole rings is 1. The normalized spacial score (nSPS) is 10.7. The molecule has 0 radical (unpaired) electrons. The molecule has 2 heterocycles. The molecule has 0 fully saturated rings. The molecule has 27 heavy (non-hydrogen) atoms. The quantitative estimate of drug-likeness (QED) is 0.651. The predicted octanol–water partition coefficient (Wildman–Crippen LogP) is 4.28. The molecule has 0 aliphatic heterocycles. The summed E-state index contributed by atoms with van der Waals surface area (Å²) in [7, 11) is 0. The van der Waals surface area contributed by atoms with Crippen LogP contribution in [-0.4, -0.2) is 22.5 Å². The van der Waals surface area contributed by atoms with Gasteiger partial charge in [0.1, 0.15) is 12.4 Å². The van der Waals surface area contributed by atoms with Gasteiger partial charge >= 0.3 is 6.61 Å². The summed E-state index contributed by atoms with van der Waals surface area (Å²) in [5.74, 6) is -0.347. The van der Waals surface area contributed by atoms with E-state index in [0.717, 1.165) is 10.7 Å². The lowest BCUT2D eigenvalue weighted by atomic mass is 10.2. The molecule has 1 amide bonds. The molecular weight excluding hydrogens is 376 g/mol. The summed E-state index contributed by atoms with van der Waals surface area (Å²) < 4.78 is 34.9. The Morgan fingerprint density at radius 1 is 1.30 bits per heavy atom. The molecule has 0 aliphatic carbocycles. The fourth-order valence-corrected chi connectivity index (χ4v) is 2.81. The first-order chi connectivity index (χ1) is 13.0. The molecule has 0 bridgehead atoms. The second kappa shape index (κ2) is 8.54. The highest BCUT2D eigenvalue weighted by Gasteiger charge is 2.14. The first-order valence-electron chi connectivity index (χ1n) is 7.86. The average Bonchev–Trinajstić information content (AvgIpc) is 3.07. The van der Waals surface area contributed by atoms with Crippen LogP contribution < -0.4 is 14.8 Å². The van der Waals surface area contributed by atoms with Gasteiger partial charge in [-0.3, -0.25) is 4.79 Å². The van der Waals surface area contributed by atoms with Gasteiger partial charge in [-0.2, -0.15) is 8.78 Å². The predicted molar refractivity (Wildman–Crippen MR) is 96.4 cm³/mol. The Kier molecular flexibility index (Phi) is 5.92. The lowest BCUT2D eigenvalue weighted by Gasteiger charge is -2.11. The van der Waals surface area contributed by atoms with Crippen molar-refractivity contribution >= 4 is 23.1 Å². The van der Waals surface area contributed by atoms with Crippen LogP contribution in [0.2, 0.25) is 0 Å². The number of aromatic nitrogens is 2. The Morgan fingerprint density at radius 2 is 2.15 bits per heavy atom. The standard InChI is InChI=1S/C18H15F2N3O3S/c1-11-22-13(10-27-11)9-25-14-5-2-4-12(8-14)17(24)23-16-15(26-18(19)20)6-3-7-21-16/h2-8,10,18H,9H2,1H3,(H,21,23,24). The maximum Gasteiger partial charge on any atom is 0.387 e. The Bertz CT molecular complexity index is 933. The van der Waals surface area contributed by atoms with E-state index in [2.05, 4.69) is 20.0 Å². The summed E-state index contributed by atoms with van der Waals surface area (Å²) in [4.78, 5) is 20.6. The molecular formula is C18H15F2N3O3S. The summed E-state index contributed by atoms with van der Waals surface area (Å²) in [5.41, 5.74) is 1.09. The second-order valence-electron chi connectivity index (χ2n) is 5.36. The molecule has 1 aromatic carbocycles. The van der Waals surface area contributed by atoms with Crippen molar-refractivity contribution in [3.63, 3.8) is 0 Å². The molecule has 0 spiro atoms. The minimum atomic E-state index is -3.02. The largest absolute Gasteiger partial charge is 0.487 e. The number of carbonyl (C=O) groups excluding carboxylic acids is 1. The van der Waals surface area contributed by atoms with Gasteiger partial charge in [0.2, 0.25) is 0 Å². The van der Waals surface area contributed by atoms with Crippen LogP contribution in [0.5, 0.6) is 11.5 Å². The topological polar surface area (TPSA) is 73.3 Å². The summed E-state index contributed by atoms with van der Waals surface area (Å²) in [5, 5.41) is 5.31. The molecule has 6 nitrogen and oxygen atoms in total. The minimum Gasteiger partial charge on any atom is -0.487 e. The number of hydrogen-bond acceptors (Lipinski definition) is 6. The van der Waals surface area contributed by atoms with Crippen molar-refractivity contribution < 1.29 is 23.0 Å². The molecule has 3 aromatic rings. The SMILES string of the molecule is Cc1nc(COc2cccc(C(=O)Nc3ncccc3OC(F)F)c2)cs1. The van der Waals surface area contributed by atoms with Crippen LogP contribution in [0.15, 0.2) is 48.0 Å². The lowest BCUT2D eigenvalue weighted by molar-refractivity contribution is -0.0495. The Balaban J connectivity index is 1.68. The number of nitrogens with one attached hydrogen (secondary N) is 1. The number of pyridine rings is 1. The van der Waals surface area contributed by atoms with Gasteiger partial charge in [0.15, 0.2) is 11.6 Å². The number of hydrogen-bond donors (Lipinski definition) is 1. The molecule has 2 aromatic heterocycles. The van der Waals surface area contributed by atoms with E-state index in [0.29, 0.717) is 5.75 Å².